The van der Waals surface area contributed by atoms with Crippen LogP contribution in [0.4, 0.5) is 5.69 Å². The summed E-state index contributed by atoms with van der Waals surface area (Å²) in [4.78, 5) is 6.83. The highest BCUT2D eigenvalue weighted by Gasteiger charge is 2.08. The van der Waals surface area contributed by atoms with Crippen LogP contribution in [-0.2, 0) is 0 Å². The molecule has 2 aromatic carbocycles. The number of nitrogens with zero attached hydrogens (tertiary/aromatic N) is 3. The maximum absolute atomic E-state index is 5.39. The van der Waals surface area contributed by atoms with Crippen molar-refractivity contribution in [2.24, 2.45) is 16.8 Å². The van der Waals surface area contributed by atoms with Crippen LogP contribution < -0.4 is 22.0 Å². The first-order valence-corrected chi connectivity index (χ1v) is 8.59. The molecule has 0 fully saturated rings. The predicted octanol–water partition coefficient (Wildman–Crippen LogP) is 2.63. The third-order valence-electron chi connectivity index (χ3n) is 3.85. The zero-order chi connectivity index (χ0) is 17.8. The summed E-state index contributed by atoms with van der Waals surface area (Å²) in [6.45, 7) is 0. The molecule has 7 heteroatoms. The van der Waals surface area contributed by atoms with E-state index in [9.17, 15) is 0 Å². The van der Waals surface area contributed by atoms with E-state index in [-0.39, 0.29) is 0 Å². The number of hydrazine groups is 1. The third kappa shape index (κ3) is 3.62. The summed E-state index contributed by atoms with van der Waals surface area (Å²) < 4.78 is 0. The first-order chi connectivity index (χ1) is 12.1. The van der Waals surface area contributed by atoms with Gasteiger partial charge in [-0.05, 0) is 24.3 Å². The number of hydrogen-bond acceptors (Lipinski definition) is 6. The Morgan fingerprint density at radius 1 is 1.04 bits per heavy atom. The van der Waals surface area contributed by atoms with Crippen molar-refractivity contribution in [3.63, 3.8) is 0 Å². The zero-order valence-corrected chi connectivity index (χ0v) is 14.9. The molecule has 25 heavy (non-hydrogen) atoms. The van der Waals surface area contributed by atoms with Crippen LogP contribution in [0.15, 0.2) is 59.0 Å². The van der Waals surface area contributed by atoms with Gasteiger partial charge in [-0.25, -0.2) is 10.8 Å². The lowest BCUT2D eigenvalue weighted by Gasteiger charge is -2.11. The highest BCUT2D eigenvalue weighted by atomic mass is 32.1. The fourth-order valence-corrected chi connectivity index (χ4v) is 3.27. The minimum atomic E-state index is 0.437. The van der Waals surface area contributed by atoms with Crippen LogP contribution in [0.1, 0.15) is 5.56 Å². The molecule has 0 saturated heterocycles. The molecule has 0 saturated carbocycles. The number of amidine groups is 1. The number of benzene rings is 2. The maximum atomic E-state index is 5.39. The molecule has 0 amide bonds. The summed E-state index contributed by atoms with van der Waals surface area (Å²) in [6.07, 6.45) is 0. The van der Waals surface area contributed by atoms with E-state index >= 15 is 0 Å². The minimum Gasteiger partial charge on any atom is -0.378 e. The number of nitrogens with two attached hydrogens (primary N) is 2. The highest BCUT2D eigenvalue weighted by molar-refractivity contribution is 7.13. The van der Waals surface area contributed by atoms with E-state index in [0.29, 0.717) is 5.84 Å². The molecule has 0 bridgehead atoms. The zero-order valence-electron chi connectivity index (χ0n) is 14.1. The van der Waals surface area contributed by atoms with Crippen molar-refractivity contribution in [3.8, 4) is 21.8 Å². The topological polar surface area (TPSA) is 92.6 Å². The molecule has 1 heterocycles. The molecular weight excluding hydrogens is 332 g/mol. The Labute approximate surface area is 150 Å². The Kier molecular flexibility index (Phi) is 4.97. The fourth-order valence-electron chi connectivity index (χ4n) is 2.44. The van der Waals surface area contributed by atoms with E-state index in [0.717, 1.165) is 27.4 Å². The van der Waals surface area contributed by atoms with Crippen molar-refractivity contribution in [1.29, 1.82) is 0 Å². The molecule has 0 aliphatic heterocycles. The summed E-state index contributed by atoms with van der Waals surface area (Å²) in [6, 6.07) is 16.2. The number of hydrogen-bond donors (Lipinski definition) is 3. The van der Waals surface area contributed by atoms with Gasteiger partial charge < -0.3 is 16.2 Å². The summed E-state index contributed by atoms with van der Waals surface area (Å²) >= 11 is 1.63. The van der Waals surface area contributed by atoms with Crippen LogP contribution in [0.3, 0.4) is 0 Å². The quantitative estimate of drug-likeness (QED) is 0.290. The van der Waals surface area contributed by atoms with Gasteiger partial charge in [0, 0.05) is 41.9 Å². The summed E-state index contributed by atoms with van der Waals surface area (Å²) in [5.41, 5.74) is 7.55. The molecular formula is C18H20N6S. The second kappa shape index (κ2) is 7.33. The third-order valence-corrected chi connectivity index (χ3v) is 4.75. The largest absolute Gasteiger partial charge is 0.378 e. The van der Waals surface area contributed by atoms with Gasteiger partial charge in [0.1, 0.15) is 5.01 Å². The number of rotatable bonds is 4. The Morgan fingerprint density at radius 3 is 2.24 bits per heavy atom. The molecule has 3 aromatic rings. The van der Waals surface area contributed by atoms with Gasteiger partial charge in [-0.1, -0.05) is 24.3 Å². The molecule has 0 spiro atoms. The van der Waals surface area contributed by atoms with E-state index < -0.39 is 0 Å². The Morgan fingerprint density at radius 2 is 1.68 bits per heavy atom. The van der Waals surface area contributed by atoms with Crippen molar-refractivity contribution >= 4 is 22.9 Å². The van der Waals surface area contributed by atoms with E-state index in [4.69, 9.17) is 16.7 Å². The molecule has 0 atom stereocenters. The van der Waals surface area contributed by atoms with Gasteiger partial charge in [-0.2, -0.15) is 5.10 Å². The first kappa shape index (κ1) is 16.9. The van der Waals surface area contributed by atoms with Gasteiger partial charge in [0.25, 0.3) is 0 Å². The van der Waals surface area contributed by atoms with Crippen LogP contribution in [0, 0.1) is 0 Å². The van der Waals surface area contributed by atoms with Gasteiger partial charge in [-0.3, -0.25) is 0 Å². The van der Waals surface area contributed by atoms with Crippen LogP contribution in [-0.4, -0.2) is 24.9 Å². The molecule has 1 aromatic heterocycles. The van der Waals surface area contributed by atoms with Crippen molar-refractivity contribution in [2.75, 3.05) is 19.0 Å². The molecule has 3 rings (SSSR count). The minimum absolute atomic E-state index is 0.437. The molecule has 0 unspecified atom stereocenters. The molecule has 5 N–H and O–H groups in total. The van der Waals surface area contributed by atoms with E-state index in [1.807, 2.05) is 38.4 Å². The lowest BCUT2D eigenvalue weighted by atomic mass is 10.1. The lowest BCUT2D eigenvalue weighted by molar-refractivity contribution is 1.00. The standard InChI is InChI=1S/C18H20N6S/c1-24(2)15-9-7-14(8-10-15)18-21-16(11-25-18)12-3-5-13(6-4-12)17(22-19)23-20/h3-11H,19-20H2,1-2H3,(H,22,23). The van der Waals surface area contributed by atoms with Crippen LogP contribution in [0.2, 0.25) is 0 Å². The fraction of sp³-hybridized carbons (Fsp3) is 0.111. The number of nitrogens with one attached hydrogen (secondary N) is 1. The summed E-state index contributed by atoms with van der Waals surface area (Å²) in [5, 5.41) is 6.66. The smallest absolute Gasteiger partial charge is 0.166 e. The van der Waals surface area contributed by atoms with Gasteiger partial charge in [-0.15, -0.1) is 11.3 Å². The molecule has 0 aliphatic rings. The normalized spacial score (nSPS) is 11.4. The molecule has 0 radical (unpaired) electrons. The van der Waals surface area contributed by atoms with E-state index in [1.165, 1.54) is 5.69 Å². The number of hydrazone groups is 1. The first-order valence-electron chi connectivity index (χ1n) is 7.71. The lowest BCUT2D eigenvalue weighted by Crippen LogP contribution is -2.31. The van der Waals surface area contributed by atoms with Crippen molar-refractivity contribution in [3.05, 3.63) is 59.5 Å². The number of aromatic nitrogens is 1. The van der Waals surface area contributed by atoms with Crippen LogP contribution >= 0.6 is 11.3 Å². The van der Waals surface area contributed by atoms with Crippen LogP contribution in [0.25, 0.3) is 21.8 Å². The van der Waals surface area contributed by atoms with Crippen molar-refractivity contribution in [2.45, 2.75) is 0 Å². The highest BCUT2D eigenvalue weighted by Crippen LogP contribution is 2.30. The van der Waals surface area contributed by atoms with Gasteiger partial charge in [0.15, 0.2) is 5.84 Å². The molecule has 128 valence electrons. The van der Waals surface area contributed by atoms with Gasteiger partial charge in [0.05, 0.1) is 5.69 Å². The number of anilines is 1. The molecule has 6 nitrogen and oxygen atoms in total. The van der Waals surface area contributed by atoms with Crippen molar-refractivity contribution < 1.29 is 0 Å². The predicted molar refractivity (Wildman–Crippen MR) is 105 cm³/mol. The average Bonchev–Trinajstić information content (AvgIpc) is 3.13. The second-order valence-electron chi connectivity index (χ2n) is 5.68. The Hall–Kier alpha value is -2.90. The molecule has 0 aliphatic carbocycles. The van der Waals surface area contributed by atoms with Gasteiger partial charge in [0.2, 0.25) is 0 Å². The van der Waals surface area contributed by atoms with Crippen LogP contribution in [0.5, 0.6) is 0 Å². The average molecular weight is 352 g/mol. The Balaban J connectivity index is 1.83. The monoisotopic (exact) mass is 352 g/mol. The second-order valence-corrected chi connectivity index (χ2v) is 6.54. The summed E-state index contributed by atoms with van der Waals surface area (Å²) in [7, 11) is 4.06. The van der Waals surface area contributed by atoms with Crippen molar-refractivity contribution in [1.82, 2.24) is 10.4 Å². The maximum Gasteiger partial charge on any atom is 0.166 e. The summed E-state index contributed by atoms with van der Waals surface area (Å²) in [5.74, 6) is 11.1. The van der Waals surface area contributed by atoms with Gasteiger partial charge >= 0.3 is 0 Å². The van der Waals surface area contributed by atoms with E-state index in [1.54, 1.807) is 11.3 Å². The Bertz CT molecular complexity index is 865. The number of thiazole rings is 1. The SMILES string of the molecule is CN(C)c1ccc(-c2nc(-c3ccc(/C(=N/N)NN)cc3)cs2)cc1. The van der Waals surface area contributed by atoms with E-state index in [2.05, 4.69) is 45.1 Å².